The Kier molecular flexibility index (Phi) is 9.92. The maximum atomic E-state index is 13.3. The van der Waals surface area contributed by atoms with Crippen LogP contribution in [0, 0.1) is 5.92 Å². The monoisotopic (exact) mass is 696 g/mol. The number of benzene rings is 3. The zero-order valence-electron chi connectivity index (χ0n) is 30.0. The van der Waals surface area contributed by atoms with Gasteiger partial charge in [0.15, 0.2) is 23.0 Å². The largest absolute Gasteiger partial charge is 0.369 e. The number of piperidine rings is 1. The van der Waals surface area contributed by atoms with Crippen LogP contribution >= 0.6 is 0 Å². The molecule has 8 rings (SSSR count). The highest BCUT2D eigenvalue weighted by Crippen LogP contribution is 2.45. The van der Waals surface area contributed by atoms with Gasteiger partial charge >= 0.3 is 0 Å². The van der Waals surface area contributed by atoms with E-state index in [1.54, 1.807) is 26.5 Å². The van der Waals surface area contributed by atoms with Crippen molar-refractivity contribution in [2.75, 3.05) is 27.2 Å². The lowest BCUT2D eigenvalue weighted by molar-refractivity contribution is -0.133. The van der Waals surface area contributed by atoms with E-state index >= 15 is 0 Å². The fourth-order valence-corrected chi connectivity index (χ4v) is 8.39. The molecule has 268 valence electrons. The molecule has 1 aliphatic carbocycles. The number of pyridine rings is 1. The minimum absolute atomic E-state index is 0.0303. The van der Waals surface area contributed by atoms with Crippen molar-refractivity contribution in [1.82, 2.24) is 20.1 Å². The molecule has 2 atom stereocenters. The molecule has 1 saturated carbocycles. The molecule has 1 aromatic heterocycles. The molecular weight excluding hydrogens is 649 g/mol. The van der Waals surface area contributed by atoms with Crippen molar-refractivity contribution < 1.29 is 9.59 Å². The first-order valence-corrected chi connectivity index (χ1v) is 18.4. The smallest absolute Gasteiger partial charge is 0.266 e. The van der Waals surface area contributed by atoms with E-state index in [0.717, 1.165) is 53.7 Å². The lowest BCUT2D eigenvalue weighted by Crippen LogP contribution is -2.48. The SMILES string of the molecule is CN1C(=O)C(c2cccc(C3CCCCC3)c2)(C2CCNCC2)N=C1N.CN1C(=O)C(c2ccncc2)(c2cccc(-c3ccccc3)c2)N=C1N. The maximum absolute atomic E-state index is 13.3. The summed E-state index contributed by atoms with van der Waals surface area (Å²) in [7, 11) is 3.39. The van der Waals surface area contributed by atoms with E-state index in [0.29, 0.717) is 11.9 Å². The number of likely N-dealkylation sites (N-methyl/N-ethyl adjacent to an activating group) is 2. The number of hydrogen-bond acceptors (Lipinski definition) is 8. The van der Waals surface area contributed by atoms with Crippen molar-refractivity contribution in [3.8, 4) is 11.1 Å². The van der Waals surface area contributed by atoms with E-state index in [4.69, 9.17) is 16.5 Å². The summed E-state index contributed by atoms with van der Waals surface area (Å²) in [6.07, 6.45) is 11.7. The Morgan fingerprint density at radius 3 is 1.94 bits per heavy atom. The number of nitrogens with two attached hydrogens (primary N) is 2. The minimum atomic E-state index is -1.19. The Bertz CT molecular complexity index is 1970. The molecule has 10 nitrogen and oxygen atoms in total. The van der Waals surface area contributed by atoms with E-state index in [1.807, 2.05) is 66.7 Å². The number of hydrogen-bond donors (Lipinski definition) is 3. The molecule has 2 unspecified atom stereocenters. The van der Waals surface area contributed by atoms with Gasteiger partial charge in [-0.05, 0) is 102 Å². The second-order valence-corrected chi connectivity index (χ2v) is 14.3. The van der Waals surface area contributed by atoms with Gasteiger partial charge < -0.3 is 16.8 Å². The number of aliphatic imine (C=N–C) groups is 2. The van der Waals surface area contributed by atoms with Gasteiger partial charge in [0, 0.05) is 26.5 Å². The van der Waals surface area contributed by atoms with Gasteiger partial charge in [0.1, 0.15) is 0 Å². The summed E-state index contributed by atoms with van der Waals surface area (Å²) in [5.74, 6) is 1.22. The molecule has 5 N–H and O–H groups in total. The van der Waals surface area contributed by atoms with E-state index in [-0.39, 0.29) is 23.7 Å². The standard InChI is InChI=1S/C21H30N4O.C21H18N4O/c2*1-25-19(26)21(24-20(25)22,17-10-12-23-13-11-17)18-9-5-8-16(14-18)15-6-3-2-4-7-15/h5,8-9,14-15,17,23H,2-4,6-7,10-13H2,1H3,(H2,22,24);2-14H,1H3,(H2,22,24). The van der Waals surface area contributed by atoms with E-state index in [9.17, 15) is 9.59 Å². The molecule has 4 aliphatic rings. The Morgan fingerprint density at radius 1 is 0.654 bits per heavy atom. The summed E-state index contributed by atoms with van der Waals surface area (Å²) in [6.45, 7) is 1.86. The van der Waals surface area contributed by atoms with Crippen LogP contribution in [-0.4, -0.2) is 65.7 Å². The van der Waals surface area contributed by atoms with E-state index in [2.05, 4.69) is 39.6 Å². The van der Waals surface area contributed by atoms with Gasteiger partial charge in [-0.3, -0.25) is 24.4 Å². The topological polar surface area (TPSA) is 142 Å². The molecule has 52 heavy (non-hydrogen) atoms. The predicted octanol–water partition coefficient (Wildman–Crippen LogP) is 5.49. The van der Waals surface area contributed by atoms with Crippen molar-refractivity contribution in [3.63, 3.8) is 0 Å². The van der Waals surface area contributed by atoms with Crippen LogP contribution in [0.2, 0.25) is 0 Å². The molecule has 2 amide bonds. The number of guanidine groups is 2. The Hall–Kier alpha value is -5.35. The quantitative estimate of drug-likeness (QED) is 0.243. The Balaban J connectivity index is 0.000000162. The van der Waals surface area contributed by atoms with Crippen LogP contribution < -0.4 is 16.8 Å². The van der Waals surface area contributed by atoms with Crippen LogP contribution in [0.3, 0.4) is 0 Å². The summed E-state index contributed by atoms with van der Waals surface area (Å²) in [5.41, 5.74) is 16.1. The maximum Gasteiger partial charge on any atom is 0.266 e. The minimum Gasteiger partial charge on any atom is -0.369 e. The molecule has 1 saturated heterocycles. The molecule has 2 fully saturated rings. The van der Waals surface area contributed by atoms with Crippen LogP contribution in [-0.2, 0) is 20.7 Å². The third-order valence-electron chi connectivity index (χ3n) is 11.3. The highest BCUT2D eigenvalue weighted by atomic mass is 16.2. The fourth-order valence-electron chi connectivity index (χ4n) is 8.39. The summed E-state index contributed by atoms with van der Waals surface area (Å²) < 4.78 is 0. The van der Waals surface area contributed by atoms with Gasteiger partial charge in [-0.1, -0.05) is 92.1 Å². The van der Waals surface area contributed by atoms with Crippen molar-refractivity contribution >= 4 is 23.7 Å². The van der Waals surface area contributed by atoms with Gasteiger partial charge in [0.25, 0.3) is 11.8 Å². The number of nitrogens with zero attached hydrogens (tertiary/aromatic N) is 5. The predicted molar refractivity (Wildman–Crippen MR) is 205 cm³/mol. The van der Waals surface area contributed by atoms with Crippen molar-refractivity contribution in [2.45, 2.75) is 61.9 Å². The third-order valence-corrected chi connectivity index (χ3v) is 11.3. The fraction of sp³-hybridized carbons (Fsp3) is 0.357. The van der Waals surface area contributed by atoms with Crippen molar-refractivity contribution in [2.24, 2.45) is 27.4 Å². The van der Waals surface area contributed by atoms with E-state index < -0.39 is 11.1 Å². The molecule has 4 aromatic rings. The van der Waals surface area contributed by atoms with Gasteiger partial charge in [-0.25, -0.2) is 9.98 Å². The van der Waals surface area contributed by atoms with Crippen LogP contribution in [0.1, 0.15) is 73.1 Å². The van der Waals surface area contributed by atoms with Crippen LogP contribution in [0.15, 0.2) is 113 Å². The number of amides is 2. The number of carbonyl (C=O) groups excluding carboxylic acids is 2. The number of aromatic nitrogens is 1. The first-order valence-electron chi connectivity index (χ1n) is 18.4. The second kappa shape index (κ2) is 14.7. The Morgan fingerprint density at radius 2 is 1.29 bits per heavy atom. The Labute approximate surface area is 306 Å². The summed E-state index contributed by atoms with van der Waals surface area (Å²) in [4.78, 5) is 42.9. The van der Waals surface area contributed by atoms with Crippen molar-refractivity contribution in [3.05, 3.63) is 126 Å². The molecule has 0 radical (unpaired) electrons. The number of nitrogens with one attached hydrogen (secondary N) is 1. The average molecular weight is 697 g/mol. The number of carbonyl (C=O) groups is 2. The van der Waals surface area contributed by atoms with Crippen LogP contribution in [0.4, 0.5) is 0 Å². The van der Waals surface area contributed by atoms with Gasteiger partial charge in [0.2, 0.25) is 0 Å². The molecule has 3 aliphatic heterocycles. The van der Waals surface area contributed by atoms with Gasteiger partial charge in [-0.15, -0.1) is 0 Å². The highest BCUT2D eigenvalue weighted by molar-refractivity contribution is 6.09. The molecule has 10 heteroatoms. The highest BCUT2D eigenvalue weighted by Gasteiger charge is 2.53. The molecule has 4 heterocycles. The first kappa shape index (κ1) is 35.1. The average Bonchev–Trinajstić information content (AvgIpc) is 3.59. The summed E-state index contributed by atoms with van der Waals surface area (Å²) >= 11 is 0. The molecule has 3 aromatic carbocycles. The van der Waals surface area contributed by atoms with Gasteiger partial charge in [0.05, 0.1) is 0 Å². The van der Waals surface area contributed by atoms with E-state index in [1.165, 1.54) is 47.5 Å². The first-order chi connectivity index (χ1) is 25.3. The molecular formula is C42H48N8O2. The third kappa shape index (κ3) is 6.25. The normalized spacial score (nSPS) is 24.0. The molecule has 0 spiro atoms. The second-order valence-electron chi connectivity index (χ2n) is 14.3. The van der Waals surface area contributed by atoms with Gasteiger partial charge in [-0.2, -0.15) is 0 Å². The number of rotatable bonds is 6. The zero-order valence-corrected chi connectivity index (χ0v) is 30.0. The van der Waals surface area contributed by atoms with Crippen LogP contribution in [0.25, 0.3) is 11.1 Å². The lowest BCUT2D eigenvalue weighted by Gasteiger charge is -2.37. The van der Waals surface area contributed by atoms with Crippen LogP contribution in [0.5, 0.6) is 0 Å². The summed E-state index contributed by atoms with van der Waals surface area (Å²) in [6, 6.07) is 30.2. The van der Waals surface area contributed by atoms with Crippen molar-refractivity contribution in [1.29, 1.82) is 0 Å². The lowest BCUT2D eigenvalue weighted by atomic mass is 9.72. The zero-order chi connectivity index (χ0) is 36.3. The summed E-state index contributed by atoms with van der Waals surface area (Å²) in [5, 5.41) is 3.40. The molecule has 0 bridgehead atoms.